The molecule has 4 fully saturated rings. The van der Waals surface area contributed by atoms with Crippen LogP contribution in [0.5, 0.6) is 0 Å². The molecule has 4 nitrogen and oxygen atoms in total. The van der Waals surface area contributed by atoms with Gasteiger partial charge in [-0.1, -0.05) is 24.8 Å². The molecule has 0 aromatic heterocycles. The average molecular weight is 393 g/mol. The second-order valence-electron chi connectivity index (χ2n) is 8.26. The van der Waals surface area contributed by atoms with E-state index in [0.717, 1.165) is 48.5 Å². The molecule has 0 spiro atoms. The van der Waals surface area contributed by atoms with Gasteiger partial charge in [-0.15, -0.1) is 0 Å². The summed E-state index contributed by atoms with van der Waals surface area (Å²) < 4.78 is 31.8. The molecule has 0 radical (unpaired) electrons. The maximum absolute atomic E-state index is 13.2. The van der Waals surface area contributed by atoms with E-state index in [4.69, 9.17) is 4.74 Å². The van der Waals surface area contributed by atoms with E-state index in [2.05, 4.69) is 6.58 Å². The Morgan fingerprint density at radius 2 is 1.88 bits per heavy atom. The Kier molecular flexibility index (Phi) is 4.27. The highest BCUT2D eigenvalue weighted by molar-refractivity contribution is 8.72. The summed E-state index contributed by atoms with van der Waals surface area (Å²) in [7, 11) is -2.34. The van der Waals surface area contributed by atoms with Crippen molar-refractivity contribution in [2.75, 3.05) is 0 Å². The predicted molar refractivity (Wildman–Crippen MR) is 102 cm³/mol. The van der Waals surface area contributed by atoms with Gasteiger partial charge in [-0.25, -0.2) is 13.2 Å². The largest absolute Gasteiger partial charge is 0.456 e. The zero-order chi connectivity index (χ0) is 18.6. The quantitative estimate of drug-likeness (QED) is 0.426. The minimum atomic E-state index is -3.46. The molecule has 4 aliphatic carbocycles. The number of esters is 1. The van der Waals surface area contributed by atoms with Gasteiger partial charge in [0.1, 0.15) is 5.60 Å². The van der Waals surface area contributed by atoms with Gasteiger partial charge in [0.15, 0.2) is 0 Å². The molecule has 0 saturated heterocycles. The summed E-state index contributed by atoms with van der Waals surface area (Å²) in [4.78, 5) is 12.3. The third-order valence-corrected chi connectivity index (χ3v) is 10.4. The van der Waals surface area contributed by atoms with Gasteiger partial charge in [0.25, 0.3) is 0 Å². The number of carbonyl (C=O) groups excluding carboxylic acids is 1. The van der Waals surface area contributed by atoms with Crippen molar-refractivity contribution < 1.29 is 17.9 Å². The molecule has 0 heterocycles. The number of aryl methyl sites for hydroxylation is 1. The van der Waals surface area contributed by atoms with E-state index in [0.29, 0.717) is 23.2 Å². The molecule has 6 heteroatoms. The molecule has 1 aromatic rings. The number of hydrogen-bond acceptors (Lipinski definition) is 5. The first kappa shape index (κ1) is 18.1. The summed E-state index contributed by atoms with van der Waals surface area (Å²) in [5, 5.41) is 0. The number of hydrogen-bond donors (Lipinski definition) is 0. The predicted octanol–water partition coefficient (Wildman–Crippen LogP) is 4.24. The minimum absolute atomic E-state index is 0.355. The van der Waals surface area contributed by atoms with Crippen molar-refractivity contribution in [1.82, 2.24) is 0 Å². The maximum atomic E-state index is 13.2. The fourth-order valence-electron chi connectivity index (χ4n) is 5.68. The van der Waals surface area contributed by atoms with Crippen LogP contribution in [0.2, 0.25) is 0 Å². The normalized spacial score (nSPS) is 35.3. The van der Waals surface area contributed by atoms with E-state index in [1.54, 1.807) is 12.1 Å². The topological polar surface area (TPSA) is 60.4 Å². The molecule has 140 valence electrons. The van der Waals surface area contributed by atoms with Crippen molar-refractivity contribution in [1.29, 1.82) is 0 Å². The van der Waals surface area contributed by atoms with Gasteiger partial charge in [-0.2, -0.15) is 0 Å². The third-order valence-electron chi connectivity index (χ3n) is 6.09. The fourth-order valence-corrected chi connectivity index (χ4v) is 10.7. The van der Waals surface area contributed by atoms with Gasteiger partial charge < -0.3 is 4.74 Å². The van der Waals surface area contributed by atoms with Crippen LogP contribution in [0, 0.1) is 18.8 Å². The summed E-state index contributed by atoms with van der Waals surface area (Å²) in [6, 6.07) is 7.15. The van der Waals surface area contributed by atoms with Gasteiger partial charge in [-0.3, -0.25) is 0 Å². The Bertz CT molecular complexity index is 844. The lowest BCUT2D eigenvalue weighted by Gasteiger charge is -2.60. The molecule has 0 N–H and O–H groups in total. The lowest BCUT2D eigenvalue weighted by Crippen LogP contribution is -2.59. The zero-order valence-corrected chi connectivity index (χ0v) is 16.6. The van der Waals surface area contributed by atoms with Crippen molar-refractivity contribution >= 4 is 25.6 Å². The van der Waals surface area contributed by atoms with E-state index >= 15 is 0 Å². The van der Waals surface area contributed by atoms with Crippen molar-refractivity contribution in [3.05, 3.63) is 42.5 Å². The van der Waals surface area contributed by atoms with Crippen LogP contribution in [-0.2, 0) is 18.4 Å². The molecule has 5 rings (SSSR count). The van der Waals surface area contributed by atoms with Crippen molar-refractivity contribution in [3.8, 4) is 0 Å². The Hall–Kier alpha value is -1.27. The van der Waals surface area contributed by atoms with Crippen molar-refractivity contribution in [2.24, 2.45) is 11.8 Å². The van der Waals surface area contributed by atoms with Gasteiger partial charge in [-0.05, 0) is 73.3 Å². The second kappa shape index (κ2) is 6.13. The first-order valence-corrected chi connectivity index (χ1v) is 11.9. The Morgan fingerprint density at radius 3 is 2.50 bits per heavy atom. The Labute approximate surface area is 158 Å². The first-order valence-electron chi connectivity index (χ1n) is 9.12. The molecule has 26 heavy (non-hydrogen) atoms. The lowest BCUT2D eigenvalue weighted by atomic mass is 9.53. The van der Waals surface area contributed by atoms with Crippen LogP contribution in [0.3, 0.4) is 0 Å². The maximum Gasteiger partial charge on any atom is 0.330 e. The SMILES string of the molecule is C=CC(=O)OC12CC3CC(C1)CC(SS(=O)(=O)c1ccccc1C)(C3)C2. The van der Waals surface area contributed by atoms with Gasteiger partial charge in [0.05, 0.1) is 4.90 Å². The molecule has 2 atom stereocenters. The van der Waals surface area contributed by atoms with Crippen LogP contribution in [0.25, 0.3) is 0 Å². The molecule has 0 aliphatic heterocycles. The molecular weight excluding hydrogens is 368 g/mol. The highest BCUT2D eigenvalue weighted by atomic mass is 33.1. The smallest absolute Gasteiger partial charge is 0.330 e. The Morgan fingerprint density at radius 1 is 1.23 bits per heavy atom. The number of benzene rings is 1. The van der Waals surface area contributed by atoms with E-state index in [9.17, 15) is 13.2 Å². The molecular formula is C20H24O4S2. The molecule has 4 bridgehead atoms. The highest BCUT2D eigenvalue weighted by Gasteiger charge is 2.61. The summed E-state index contributed by atoms with van der Waals surface area (Å²) in [5.74, 6) is 0.482. The second-order valence-corrected chi connectivity index (χ2v) is 12.5. The summed E-state index contributed by atoms with van der Waals surface area (Å²) in [6.07, 6.45) is 6.47. The summed E-state index contributed by atoms with van der Waals surface area (Å²) >= 11 is 0. The lowest BCUT2D eigenvalue weighted by molar-refractivity contribution is -0.177. The minimum Gasteiger partial charge on any atom is -0.456 e. The van der Waals surface area contributed by atoms with E-state index in [-0.39, 0.29) is 4.75 Å². The van der Waals surface area contributed by atoms with E-state index in [1.165, 1.54) is 6.08 Å². The molecule has 1 aromatic carbocycles. The molecule has 2 unspecified atom stereocenters. The van der Waals surface area contributed by atoms with Gasteiger partial charge in [0, 0.05) is 17.2 Å². The highest BCUT2D eigenvalue weighted by Crippen LogP contribution is 2.64. The molecule has 0 amide bonds. The molecule has 4 aliphatic rings. The fraction of sp³-hybridized carbons (Fsp3) is 0.550. The van der Waals surface area contributed by atoms with Crippen LogP contribution in [0.4, 0.5) is 0 Å². The van der Waals surface area contributed by atoms with Crippen LogP contribution < -0.4 is 0 Å². The monoisotopic (exact) mass is 392 g/mol. The van der Waals surface area contributed by atoms with Crippen LogP contribution in [0.1, 0.15) is 44.1 Å². The van der Waals surface area contributed by atoms with Crippen molar-refractivity contribution in [2.45, 2.75) is 60.7 Å². The average Bonchev–Trinajstić information content (AvgIpc) is 2.52. The number of carbonyl (C=O) groups is 1. The van der Waals surface area contributed by atoms with Gasteiger partial charge in [0.2, 0.25) is 8.87 Å². The standard InChI is InChI=1S/C20H24O4S2/c1-3-18(21)24-19-9-15-8-16(10-19)12-20(11-15,13-19)25-26(22,23)17-7-5-4-6-14(17)2/h3-7,15-16H,1,8-13H2,2H3. The summed E-state index contributed by atoms with van der Waals surface area (Å²) in [6.45, 7) is 5.34. The first-order chi connectivity index (χ1) is 12.2. The number of rotatable bonds is 5. The van der Waals surface area contributed by atoms with E-state index < -0.39 is 20.4 Å². The zero-order valence-electron chi connectivity index (χ0n) is 14.9. The van der Waals surface area contributed by atoms with Crippen LogP contribution >= 0.6 is 10.8 Å². The van der Waals surface area contributed by atoms with E-state index in [1.807, 2.05) is 19.1 Å². The van der Waals surface area contributed by atoms with Crippen molar-refractivity contribution in [3.63, 3.8) is 0 Å². The molecule has 4 saturated carbocycles. The number of ether oxygens (including phenoxy) is 1. The Balaban J connectivity index is 1.65. The van der Waals surface area contributed by atoms with Crippen LogP contribution in [-0.4, -0.2) is 24.7 Å². The van der Waals surface area contributed by atoms with Crippen LogP contribution in [0.15, 0.2) is 41.8 Å². The third kappa shape index (κ3) is 3.11. The van der Waals surface area contributed by atoms with Gasteiger partial charge >= 0.3 is 5.97 Å². The summed E-state index contributed by atoms with van der Waals surface area (Å²) in [5.41, 5.74) is 0.265.